The van der Waals surface area contributed by atoms with Gasteiger partial charge in [0.15, 0.2) is 0 Å². The van der Waals surface area contributed by atoms with Crippen LogP contribution in [0.4, 0.5) is 5.69 Å². The number of hydrogen-bond acceptors (Lipinski definition) is 6. The Morgan fingerprint density at radius 3 is 2.38 bits per heavy atom. The minimum Gasteiger partial charge on any atom is -0.462 e. The van der Waals surface area contributed by atoms with Crippen molar-refractivity contribution < 1.29 is 27.5 Å². The molecule has 1 saturated heterocycles. The summed E-state index contributed by atoms with van der Waals surface area (Å²) >= 11 is 0. The molecular formula is C20H20N2O6S. The van der Waals surface area contributed by atoms with Gasteiger partial charge in [0.25, 0.3) is 10.0 Å². The van der Waals surface area contributed by atoms with Gasteiger partial charge in [-0.1, -0.05) is 18.2 Å². The van der Waals surface area contributed by atoms with Crippen molar-refractivity contribution in [3.8, 4) is 0 Å². The molecule has 3 rings (SSSR count). The lowest BCUT2D eigenvalue weighted by molar-refractivity contribution is -0.128. The molecule has 1 heterocycles. The van der Waals surface area contributed by atoms with Crippen molar-refractivity contribution in [3.63, 3.8) is 0 Å². The van der Waals surface area contributed by atoms with Crippen LogP contribution in [0.2, 0.25) is 0 Å². The molecule has 1 fully saturated rings. The molecule has 1 aliphatic heterocycles. The number of esters is 1. The number of amides is 2. The van der Waals surface area contributed by atoms with Crippen LogP contribution in [0.5, 0.6) is 0 Å². The van der Waals surface area contributed by atoms with Gasteiger partial charge in [-0.2, -0.15) is 0 Å². The SMILES string of the molecule is CCOC(=O)c1ccc(NC(=O)[C@@H]2CCC(=O)N2S(=O)(=O)c2ccccc2)cc1. The quantitative estimate of drug-likeness (QED) is 0.723. The zero-order chi connectivity index (χ0) is 21.0. The van der Waals surface area contributed by atoms with Crippen molar-refractivity contribution in [1.29, 1.82) is 0 Å². The Morgan fingerprint density at radius 1 is 1.10 bits per heavy atom. The molecule has 0 unspecified atom stereocenters. The Morgan fingerprint density at radius 2 is 1.76 bits per heavy atom. The van der Waals surface area contributed by atoms with Crippen LogP contribution in [-0.4, -0.2) is 43.2 Å². The fourth-order valence-electron chi connectivity index (χ4n) is 3.04. The van der Waals surface area contributed by atoms with E-state index in [1.165, 1.54) is 36.4 Å². The molecule has 29 heavy (non-hydrogen) atoms. The van der Waals surface area contributed by atoms with Gasteiger partial charge in [0.1, 0.15) is 6.04 Å². The molecule has 2 aromatic rings. The van der Waals surface area contributed by atoms with Crippen LogP contribution < -0.4 is 5.32 Å². The van der Waals surface area contributed by atoms with E-state index < -0.39 is 33.8 Å². The first-order chi connectivity index (χ1) is 13.8. The maximum atomic E-state index is 12.9. The summed E-state index contributed by atoms with van der Waals surface area (Å²) in [5.41, 5.74) is 0.702. The summed E-state index contributed by atoms with van der Waals surface area (Å²) in [5, 5.41) is 2.61. The number of anilines is 1. The van der Waals surface area contributed by atoms with E-state index in [1.807, 2.05) is 0 Å². The van der Waals surface area contributed by atoms with Crippen LogP contribution in [0.15, 0.2) is 59.5 Å². The summed E-state index contributed by atoms with van der Waals surface area (Å²) in [6, 6.07) is 12.4. The number of hydrogen-bond donors (Lipinski definition) is 1. The second-order valence-corrected chi connectivity index (χ2v) is 8.16. The first-order valence-corrected chi connectivity index (χ1v) is 10.5. The Labute approximate surface area is 168 Å². The molecule has 8 nitrogen and oxygen atoms in total. The molecule has 2 amide bonds. The van der Waals surface area contributed by atoms with Gasteiger partial charge >= 0.3 is 5.97 Å². The maximum Gasteiger partial charge on any atom is 0.338 e. The average molecular weight is 416 g/mol. The summed E-state index contributed by atoms with van der Waals surface area (Å²) < 4.78 is 31.3. The van der Waals surface area contributed by atoms with E-state index in [-0.39, 0.29) is 24.3 Å². The third-order valence-electron chi connectivity index (χ3n) is 4.43. The highest BCUT2D eigenvalue weighted by atomic mass is 32.2. The summed E-state index contributed by atoms with van der Waals surface area (Å²) in [6.45, 7) is 1.95. The number of rotatable bonds is 6. The number of nitrogens with one attached hydrogen (secondary N) is 1. The molecular weight excluding hydrogens is 396 g/mol. The molecule has 1 atom stereocenters. The minimum atomic E-state index is -4.14. The van der Waals surface area contributed by atoms with E-state index in [1.54, 1.807) is 25.1 Å². The van der Waals surface area contributed by atoms with E-state index in [4.69, 9.17) is 4.74 Å². The smallest absolute Gasteiger partial charge is 0.338 e. The lowest BCUT2D eigenvalue weighted by Crippen LogP contribution is -2.45. The van der Waals surface area contributed by atoms with Gasteiger partial charge < -0.3 is 10.1 Å². The topological polar surface area (TPSA) is 110 Å². The molecule has 1 N–H and O–H groups in total. The first-order valence-electron chi connectivity index (χ1n) is 9.05. The predicted octanol–water partition coefficient (Wildman–Crippen LogP) is 2.18. The lowest BCUT2D eigenvalue weighted by Gasteiger charge is -2.23. The standard InChI is InChI=1S/C20H20N2O6S/c1-2-28-20(25)14-8-10-15(11-9-14)21-19(24)17-12-13-18(23)22(17)29(26,27)16-6-4-3-5-7-16/h3-11,17H,2,12-13H2,1H3,(H,21,24)/t17-/m0/s1. The Hall–Kier alpha value is -3.20. The van der Waals surface area contributed by atoms with E-state index in [0.717, 1.165) is 0 Å². The third-order valence-corrected chi connectivity index (χ3v) is 6.27. The Bertz CT molecular complexity index is 1020. The zero-order valence-electron chi connectivity index (χ0n) is 15.7. The monoisotopic (exact) mass is 416 g/mol. The summed E-state index contributed by atoms with van der Waals surface area (Å²) in [5.74, 6) is -1.71. The van der Waals surface area contributed by atoms with E-state index in [9.17, 15) is 22.8 Å². The normalized spacial score (nSPS) is 16.5. The lowest BCUT2D eigenvalue weighted by atomic mass is 10.2. The Kier molecular flexibility index (Phi) is 5.97. The molecule has 0 spiro atoms. The number of benzene rings is 2. The van der Waals surface area contributed by atoms with Crippen LogP contribution in [0, 0.1) is 0 Å². The number of carbonyl (C=O) groups excluding carboxylic acids is 3. The summed E-state index contributed by atoms with van der Waals surface area (Å²) in [7, 11) is -4.14. The van der Waals surface area contributed by atoms with E-state index in [0.29, 0.717) is 15.6 Å². The Balaban J connectivity index is 1.78. The molecule has 1 aliphatic rings. The number of ether oxygens (including phenoxy) is 1. The van der Waals surface area contributed by atoms with Crippen LogP contribution in [-0.2, 0) is 24.3 Å². The predicted molar refractivity (Wildman–Crippen MR) is 105 cm³/mol. The highest BCUT2D eigenvalue weighted by Crippen LogP contribution is 2.28. The van der Waals surface area contributed by atoms with Gasteiger partial charge in [-0.25, -0.2) is 17.5 Å². The molecule has 0 aliphatic carbocycles. The van der Waals surface area contributed by atoms with Gasteiger partial charge in [0.05, 0.1) is 17.1 Å². The third kappa shape index (κ3) is 4.29. The van der Waals surface area contributed by atoms with Gasteiger partial charge in [0, 0.05) is 12.1 Å². The van der Waals surface area contributed by atoms with Gasteiger partial charge in [-0.15, -0.1) is 0 Å². The van der Waals surface area contributed by atoms with Crippen molar-refractivity contribution in [3.05, 3.63) is 60.2 Å². The van der Waals surface area contributed by atoms with Gasteiger partial charge in [-0.05, 0) is 49.7 Å². The van der Waals surface area contributed by atoms with Crippen molar-refractivity contribution in [2.45, 2.75) is 30.7 Å². The minimum absolute atomic E-state index is 0.0358. The fraction of sp³-hybridized carbons (Fsp3) is 0.250. The highest BCUT2D eigenvalue weighted by molar-refractivity contribution is 7.89. The molecule has 2 aromatic carbocycles. The summed E-state index contributed by atoms with van der Waals surface area (Å²) in [4.78, 5) is 36.6. The van der Waals surface area contributed by atoms with Crippen LogP contribution >= 0.6 is 0 Å². The van der Waals surface area contributed by atoms with Crippen LogP contribution in [0.1, 0.15) is 30.1 Å². The van der Waals surface area contributed by atoms with Crippen molar-refractivity contribution in [2.24, 2.45) is 0 Å². The molecule has 152 valence electrons. The van der Waals surface area contributed by atoms with Crippen molar-refractivity contribution in [1.82, 2.24) is 4.31 Å². The molecule has 0 aromatic heterocycles. The van der Waals surface area contributed by atoms with Crippen molar-refractivity contribution in [2.75, 3.05) is 11.9 Å². The molecule has 0 radical (unpaired) electrons. The van der Waals surface area contributed by atoms with Crippen LogP contribution in [0.25, 0.3) is 0 Å². The largest absolute Gasteiger partial charge is 0.462 e. The zero-order valence-corrected chi connectivity index (χ0v) is 16.5. The second-order valence-electron chi connectivity index (χ2n) is 6.35. The summed E-state index contributed by atoms with van der Waals surface area (Å²) in [6.07, 6.45) is 0.0591. The fourth-order valence-corrected chi connectivity index (χ4v) is 4.66. The van der Waals surface area contributed by atoms with Crippen molar-refractivity contribution >= 4 is 33.5 Å². The maximum absolute atomic E-state index is 12.9. The molecule has 9 heteroatoms. The number of sulfonamides is 1. The molecule has 0 saturated carbocycles. The van der Waals surface area contributed by atoms with E-state index in [2.05, 4.69) is 5.32 Å². The first kappa shape index (κ1) is 20.5. The average Bonchev–Trinajstić information content (AvgIpc) is 3.12. The highest BCUT2D eigenvalue weighted by Gasteiger charge is 2.44. The second kappa shape index (κ2) is 8.44. The number of nitrogens with zero attached hydrogens (tertiary/aromatic N) is 1. The van der Waals surface area contributed by atoms with Crippen LogP contribution in [0.3, 0.4) is 0 Å². The number of carbonyl (C=O) groups is 3. The van der Waals surface area contributed by atoms with Gasteiger partial charge in [-0.3, -0.25) is 9.59 Å². The molecule has 0 bridgehead atoms. The van der Waals surface area contributed by atoms with Gasteiger partial charge in [0.2, 0.25) is 11.8 Å². The van der Waals surface area contributed by atoms with E-state index >= 15 is 0 Å².